The van der Waals surface area contributed by atoms with Gasteiger partial charge in [-0.2, -0.15) is 0 Å². The van der Waals surface area contributed by atoms with Gasteiger partial charge in [0.05, 0.1) is 30.3 Å². The van der Waals surface area contributed by atoms with Gasteiger partial charge in [-0.15, -0.1) is 0 Å². The zero-order chi connectivity index (χ0) is 16.9. The van der Waals surface area contributed by atoms with Gasteiger partial charge in [-0.25, -0.2) is 4.79 Å². The molecule has 1 heterocycles. The Balaban J connectivity index is 1.82. The number of halogens is 1. The van der Waals surface area contributed by atoms with E-state index in [0.717, 1.165) is 21.5 Å². The van der Waals surface area contributed by atoms with Gasteiger partial charge in [-0.05, 0) is 60.7 Å². The molecule has 0 fully saturated rings. The van der Waals surface area contributed by atoms with Crippen molar-refractivity contribution in [3.05, 3.63) is 82.6 Å². The van der Waals surface area contributed by atoms with Crippen molar-refractivity contribution in [3.63, 3.8) is 0 Å². The van der Waals surface area contributed by atoms with Gasteiger partial charge in [-0.1, -0.05) is 15.9 Å². The van der Waals surface area contributed by atoms with E-state index in [9.17, 15) is 4.79 Å². The van der Waals surface area contributed by atoms with Crippen LogP contribution in [-0.4, -0.2) is 23.9 Å². The zero-order valence-corrected chi connectivity index (χ0v) is 14.6. The van der Waals surface area contributed by atoms with Gasteiger partial charge in [0, 0.05) is 16.4 Å². The molecule has 24 heavy (non-hydrogen) atoms. The summed E-state index contributed by atoms with van der Waals surface area (Å²) in [5.74, 6) is -0.352. The van der Waals surface area contributed by atoms with Crippen LogP contribution in [0.2, 0.25) is 0 Å². The number of aromatic nitrogens is 1. The molecule has 0 N–H and O–H groups in total. The van der Waals surface area contributed by atoms with E-state index in [0.29, 0.717) is 5.56 Å². The Labute approximate surface area is 148 Å². The molecule has 1 aromatic heterocycles. The average molecular weight is 383 g/mol. The van der Waals surface area contributed by atoms with Crippen LogP contribution in [0.25, 0.3) is 5.69 Å². The second-order valence-electron chi connectivity index (χ2n) is 5.08. The summed E-state index contributed by atoms with van der Waals surface area (Å²) in [5.41, 5.74) is 3.31. The number of carbonyl (C=O) groups is 1. The number of carbonyl (C=O) groups excluding carboxylic acids is 1. The molecule has 0 spiro atoms. The molecular formula is C19H15BrN2O2. The molecule has 0 unspecified atom stereocenters. The number of hydrogen-bond donors (Lipinski definition) is 0. The number of nitrogens with zero attached hydrogens (tertiary/aromatic N) is 2. The predicted octanol–water partition coefficient (Wildman–Crippen LogP) is 4.78. The maximum atomic E-state index is 11.4. The van der Waals surface area contributed by atoms with Crippen LogP contribution in [0.4, 0.5) is 5.69 Å². The normalized spacial score (nSPS) is 10.9. The number of ether oxygens (including phenoxy) is 1. The lowest BCUT2D eigenvalue weighted by atomic mass is 10.2. The molecule has 0 radical (unpaired) electrons. The fourth-order valence-electron chi connectivity index (χ4n) is 2.28. The van der Waals surface area contributed by atoms with E-state index in [1.54, 1.807) is 30.5 Å². The summed E-state index contributed by atoms with van der Waals surface area (Å²) in [6.07, 6.45) is 3.79. The monoisotopic (exact) mass is 382 g/mol. The second kappa shape index (κ2) is 7.27. The number of benzene rings is 2. The van der Waals surface area contributed by atoms with Crippen LogP contribution < -0.4 is 0 Å². The van der Waals surface area contributed by atoms with Crippen molar-refractivity contribution in [2.24, 2.45) is 4.99 Å². The molecule has 2 aromatic carbocycles. The number of hydrogen-bond acceptors (Lipinski definition) is 3. The topological polar surface area (TPSA) is 43.6 Å². The van der Waals surface area contributed by atoms with Crippen molar-refractivity contribution >= 4 is 33.8 Å². The molecular weight excluding hydrogens is 368 g/mol. The Hall–Kier alpha value is -2.66. The first-order valence-corrected chi connectivity index (χ1v) is 8.12. The highest BCUT2D eigenvalue weighted by molar-refractivity contribution is 9.10. The van der Waals surface area contributed by atoms with Crippen molar-refractivity contribution in [1.29, 1.82) is 0 Å². The molecule has 4 nitrogen and oxygen atoms in total. The lowest BCUT2D eigenvalue weighted by molar-refractivity contribution is 0.0601. The highest BCUT2D eigenvalue weighted by Gasteiger charge is 2.04. The molecule has 0 saturated heterocycles. The average Bonchev–Trinajstić information content (AvgIpc) is 3.09. The Morgan fingerprint density at radius 3 is 2.46 bits per heavy atom. The molecule has 5 heteroatoms. The van der Waals surface area contributed by atoms with E-state index in [-0.39, 0.29) is 5.97 Å². The third-order valence-corrected chi connectivity index (χ3v) is 4.05. The standard InChI is InChI=1S/C19H15BrN2O2/c1-24-19(23)14-4-8-16(9-5-14)21-13-18-3-2-12-22(18)17-10-6-15(20)7-11-17/h2-13H,1H3. The van der Waals surface area contributed by atoms with E-state index >= 15 is 0 Å². The third kappa shape index (κ3) is 3.63. The molecule has 0 aliphatic carbocycles. The van der Waals surface area contributed by atoms with Crippen molar-refractivity contribution in [1.82, 2.24) is 4.57 Å². The largest absolute Gasteiger partial charge is 0.465 e. The van der Waals surface area contributed by atoms with Gasteiger partial charge in [0.15, 0.2) is 0 Å². The van der Waals surface area contributed by atoms with Crippen LogP contribution in [-0.2, 0) is 4.74 Å². The number of aliphatic imine (C=N–C) groups is 1. The third-order valence-electron chi connectivity index (χ3n) is 3.52. The van der Waals surface area contributed by atoms with Crippen LogP contribution >= 0.6 is 15.9 Å². The molecule has 120 valence electrons. The summed E-state index contributed by atoms with van der Waals surface area (Å²) in [6, 6.07) is 19.0. The minimum Gasteiger partial charge on any atom is -0.465 e. The van der Waals surface area contributed by atoms with Crippen LogP contribution in [0.5, 0.6) is 0 Å². The highest BCUT2D eigenvalue weighted by atomic mass is 79.9. The molecule has 0 saturated carbocycles. The zero-order valence-electron chi connectivity index (χ0n) is 13.0. The Morgan fingerprint density at radius 2 is 1.79 bits per heavy atom. The summed E-state index contributed by atoms with van der Waals surface area (Å²) < 4.78 is 7.78. The minimum absolute atomic E-state index is 0.352. The van der Waals surface area contributed by atoms with Gasteiger partial charge >= 0.3 is 5.97 Å². The summed E-state index contributed by atoms with van der Waals surface area (Å²) in [7, 11) is 1.37. The summed E-state index contributed by atoms with van der Waals surface area (Å²) in [4.78, 5) is 15.9. The first kappa shape index (κ1) is 16.2. The summed E-state index contributed by atoms with van der Waals surface area (Å²) >= 11 is 3.44. The Morgan fingerprint density at radius 1 is 1.08 bits per heavy atom. The van der Waals surface area contributed by atoms with Gasteiger partial charge in [-0.3, -0.25) is 4.99 Å². The predicted molar refractivity (Wildman–Crippen MR) is 98.5 cm³/mol. The first-order valence-electron chi connectivity index (χ1n) is 7.33. The molecule has 0 atom stereocenters. The second-order valence-corrected chi connectivity index (χ2v) is 5.99. The maximum Gasteiger partial charge on any atom is 0.337 e. The van der Waals surface area contributed by atoms with Gasteiger partial charge in [0.2, 0.25) is 0 Å². The van der Waals surface area contributed by atoms with Gasteiger partial charge in [0.1, 0.15) is 0 Å². The van der Waals surface area contributed by atoms with Crippen molar-refractivity contribution in [2.75, 3.05) is 7.11 Å². The van der Waals surface area contributed by atoms with Crippen molar-refractivity contribution in [3.8, 4) is 5.69 Å². The number of methoxy groups -OCH3 is 1. The SMILES string of the molecule is COC(=O)c1ccc(N=Cc2cccn2-c2ccc(Br)cc2)cc1. The Kier molecular flexibility index (Phi) is 4.91. The highest BCUT2D eigenvalue weighted by Crippen LogP contribution is 2.17. The Bertz CT molecular complexity index is 865. The lowest BCUT2D eigenvalue weighted by Crippen LogP contribution is -2.00. The summed E-state index contributed by atoms with van der Waals surface area (Å²) in [5, 5.41) is 0. The van der Waals surface area contributed by atoms with E-state index in [4.69, 9.17) is 0 Å². The van der Waals surface area contributed by atoms with Crippen molar-refractivity contribution in [2.45, 2.75) is 0 Å². The van der Waals surface area contributed by atoms with Crippen LogP contribution in [0.15, 0.2) is 76.3 Å². The van der Waals surface area contributed by atoms with Gasteiger partial charge < -0.3 is 9.30 Å². The van der Waals surface area contributed by atoms with Crippen LogP contribution in [0.3, 0.4) is 0 Å². The van der Waals surface area contributed by atoms with Gasteiger partial charge in [0.25, 0.3) is 0 Å². The van der Waals surface area contributed by atoms with Crippen LogP contribution in [0.1, 0.15) is 16.1 Å². The molecule has 0 aliphatic heterocycles. The fraction of sp³-hybridized carbons (Fsp3) is 0.0526. The molecule has 3 aromatic rings. The smallest absolute Gasteiger partial charge is 0.337 e. The molecule has 3 rings (SSSR count). The summed E-state index contributed by atoms with van der Waals surface area (Å²) in [6.45, 7) is 0. The van der Waals surface area contributed by atoms with E-state index in [1.165, 1.54) is 7.11 Å². The fourth-order valence-corrected chi connectivity index (χ4v) is 2.54. The van der Waals surface area contributed by atoms with E-state index in [2.05, 4.69) is 30.2 Å². The molecule has 0 amide bonds. The number of rotatable bonds is 4. The van der Waals surface area contributed by atoms with Crippen LogP contribution in [0, 0.1) is 0 Å². The minimum atomic E-state index is -0.352. The van der Waals surface area contributed by atoms with E-state index < -0.39 is 0 Å². The molecule has 0 aliphatic rings. The molecule has 0 bridgehead atoms. The lowest BCUT2D eigenvalue weighted by Gasteiger charge is -2.06. The van der Waals surface area contributed by atoms with Crippen molar-refractivity contribution < 1.29 is 9.53 Å². The maximum absolute atomic E-state index is 11.4. The van der Waals surface area contributed by atoms with E-state index in [1.807, 2.05) is 42.6 Å². The first-order chi connectivity index (χ1) is 11.7. The quantitative estimate of drug-likeness (QED) is 0.481. The number of esters is 1.